The van der Waals surface area contributed by atoms with Crippen molar-refractivity contribution in [3.05, 3.63) is 24.0 Å². The highest BCUT2D eigenvalue weighted by molar-refractivity contribution is 6.16. The molecular formula is C16H17FN2O3. The molecule has 1 aromatic rings. The van der Waals surface area contributed by atoms with Crippen LogP contribution >= 0.6 is 0 Å². The monoisotopic (exact) mass is 304 g/mol. The number of carbonyl (C=O) groups excluding carboxylic acids is 2. The Balaban J connectivity index is 1.78. The minimum absolute atomic E-state index is 0.0708. The van der Waals surface area contributed by atoms with E-state index in [9.17, 15) is 14.0 Å². The minimum atomic E-state index is -0.803. The summed E-state index contributed by atoms with van der Waals surface area (Å²) in [5.41, 5.74) is 0.154. The van der Waals surface area contributed by atoms with Gasteiger partial charge in [-0.05, 0) is 43.9 Å². The van der Waals surface area contributed by atoms with Crippen molar-refractivity contribution in [2.75, 3.05) is 17.3 Å². The first-order valence-corrected chi connectivity index (χ1v) is 7.55. The van der Waals surface area contributed by atoms with E-state index in [1.165, 1.54) is 12.1 Å². The largest absolute Gasteiger partial charge is 0.381 e. The average molecular weight is 304 g/mol. The maximum Gasteiger partial charge on any atom is 0.250 e. The van der Waals surface area contributed by atoms with E-state index in [1.807, 2.05) is 0 Å². The van der Waals surface area contributed by atoms with Crippen LogP contribution in [0, 0.1) is 11.7 Å². The van der Waals surface area contributed by atoms with Gasteiger partial charge in [-0.3, -0.25) is 14.5 Å². The average Bonchev–Trinajstić information content (AvgIpc) is 3.22. The Morgan fingerprint density at radius 2 is 2.23 bits per heavy atom. The first kappa shape index (κ1) is 13.7. The third-order valence-corrected chi connectivity index (χ3v) is 5.05. The van der Waals surface area contributed by atoms with Gasteiger partial charge in [0.05, 0.1) is 23.4 Å². The standard InChI is InChI=1S/C16H17FN2O3/c1-22-13-8-10(13)14(20)19-12-4-3-9(17)7-11(12)18-15(21)16(19)5-2-6-16/h3-4,7,10,13H,2,5-6,8H2,1H3,(H,18,21)/t10-,13-/m1/s1. The van der Waals surface area contributed by atoms with Crippen molar-refractivity contribution in [2.45, 2.75) is 37.3 Å². The van der Waals surface area contributed by atoms with Gasteiger partial charge in [0.15, 0.2) is 0 Å². The molecule has 5 nitrogen and oxygen atoms in total. The fourth-order valence-electron chi connectivity index (χ4n) is 3.52. The number of carbonyl (C=O) groups is 2. The number of benzene rings is 1. The van der Waals surface area contributed by atoms with E-state index in [0.29, 0.717) is 30.6 Å². The van der Waals surface area contributed by atoms with Crippen LogP contribution in [0.4, 0.5) is 15.8 Å². The molecule has 4 rings (SSSR count). The molecule has 0 saturated heterocycles. The molecule has 6 heteroatoms. The minimum Gasteiger partial charge on any atom is -0.381 e. The quantitative estimate of drug-likeness (QED) is 0.910. The molecule has 1 aliphatic heterocycles. The number of amides is 2. The number of nitrogens with zero attached hydrogens (tertiary/aromatic N) is 1. The number of anilines is 2. The fourth-order valence-corrected chi connectivity index (χ4v) is 3.52. The van der Waals surface area contributed by atoms with Crippen LogP contribution < -0.4 is 10.2 Å². The van der Waals surface area contributed by atoms with Crippen LogP contribution in [0.2, 0.25) is 0 Å². The van der Waals surface area contributed by atoms with Crippen molar-refractivity contribution >= 4 is 23.2 Å². The van der Waals surface area contributed by atoms with Gasteiger partial charge in [-0.25, -0.2) is 4.39 Å². The molecule has 2 amide bonds. The van der Waals surface area contributed by atoms with Crippen molar-refractivity contribution in [3.8, 4) is 0 Å². The van der Waals surface area contributed by atoms with Crippen LogP contribution in [-0.4, -0.2) is 30.6 Å². The normalized spacial score (nSPS) is 27.9. The van der Waals surface area contributed by atoms with Gasteiger partial charge in [-0.2, -0.15) is 0 Å². The summed E-state index contributed by atoms with van der Waals surface area (Å²) in [6.07, 6.45) is 2.81. The van der Waals surface area contributed by atoms with Gasteiger partial charge in [0.2, 0.25) is 5.91 Å². The van der Waals surface area contributed by atoms with Crippen molar-refractivity contribution in [1.82, 2.24) is 0 Å². The molecule has 22 heavy (non-hydrogen) atoms. The van der Waals surface area contributed by atoms with Gasteiger partial charge in [0, 0.05) is 7.11 Å². The Kier molecular flexibility index (Phi) is 2.81. The first-order valence-electron chi connectivity index (χ1n) is 7.55. The highest BCUT2D eigenvalue weighted by Gasteiger charge is 2.58. The zero-order valence-corrected chi connectivity index (χ0v) is 12.3. The number of hydrogen-bond acceptors (Lipinski definition) is 3. The molecule has 1 aromatic carbocycles. The molecule has 1 N–H and O–H groups in total. The maximum atomic E-state index is 13.5. The van der Waals surface area contributed by atoms with Crippen molar-refractivity contribution < 1.29 is 18.7 Å². The lowest BCUT2D eigenvalue weighted by molar-refractivity contribution is -0.131. The molecule has 2 fully saturated rings. The topological polar surface area (TPSA) is 58.6 Å². The summed E-state index contributed by atoms with van der Waals surface area (Å²) >= 11 is 0. The summed E-state index contributed by atoms with van der Waals surface area (Å²) in [5.74, 6) is -0.933. The molecule has 116 valence electrons. The number of methoxy groups -OCH3 is 1. The number of rotatable bonds is 2. The molecule has 3 aliphatic rings. The van der Waals surface area contributed by atoms with E-state index < -0.39 is 11.4 Å². The SMILES string of the molecule is CO[C@@H]1C[C@H]1C(=O)N1c2ccc(F)cc2NC(=O)C12CCC2. The predicted octanol–water partition coefficient (Wildman–Crippen LogP) is 2.07. The van der Waals surface area contributed by atoms with E-state index in [2.05, 4.69) is 5.32 Å². The van der Waals surface area contributed by atoms with Crippen molar-refractivity contribution in [2.24, 2.45) is 5.92 Å². The maximum absolute atomic E-state index is 13.5. The van der Waals surface area contributed by atoms with Crippen LogP contribution in [0.5, 0.6) is 0 Å². The third-order valence-electron chi connectivity index (χ3n) is 5.05. The lowest BCUT2D eigenvalue weighted by Crippen LogP contribution is -2.66. The van der Waals surface area contributed by atoms with Gasteiger partial charge >= 0.3 is 0 Å². The van der Waals surface area contributed by atoms with Crippen LogP contribution in [-0.2, 0) is 14.3 Å². The third kappa shape index (κ3) is 1.73. The fraction of sp³-hybridized carbons (Fsp3) is 0.500. The number of hydrogen-bond donors (Lipinski definition) is 1. The van der Waals surface area contributed by atoms with E-state index in [0.717, 1.165) is 6.42 Å². The summed E-state index contributed by atoms with van der Waals surface area (Å²) in [7, 11) is 1.59. The molecule has 1 spiro atoms. The molecule has 0 aromatic heterocycles. The summed E-state index contributed by atoms with van der Waals surface area (Å²) < 4.78 is 18.7. The number of ether oxygens (including phenoxy) is 1. The molecule has 2 saturated carbocycles. The van der Waals surface area contributed by atoms with Gasteiger partial charge in [0.25, 0.3) is 5.91 Å². The van der Waals surface area contributed by atoms with Crippen molar-refractivity contribution in [1.29, 1.82) is 0 Å². The van der Waals surface area contributed by atoms with Crippen LogP contribution in [0.1, 0.15) is 25.7 Å². The summed E-state index contributed by atoms with van der Waals surface area (Å²) in [4.78, 5) is 27.0. The molecule has 0 radical (unpaired) electrons. The smallest absolute Gasteiger partial charge is 0.250 e. The molecule has 2 atom stereocenters. The Bertz CT molecular complexity index is 671. The second-order valence-electron chi connectivity index (χ2n) is 6.29. The van der Waals surface area contributed by atoms with Gasteiger partial charge in [-0.15, -0.1) is 0 Å². The number of halogens is 1. The Morgan fingerprint density at radius 1 is 1.45 bits per heavy atom. The molecule has 2 aliphatic carbocycles. The molecule has 0 unspecified atom stereocenters. The second kappa shape index (κ2) is 4.52. The van der Waals surface area contributed by atoms with Crippen molar-refractivity contribution in [3.63, 3.8) is 0 Å². The highest BCUT2D eigenvalue weighted by Crippen LogP contribution is 2.49. The highest BCUT2D eigenvalue weighted by atomic mass is 19.1. The van der Waals surface area contributed by atoms with Gasteiger partial charge < -0.3 is 10.1 Å². The molecule has 0 bridgehead atoms. The summed E-state index contributed by atoms with van der Waals surface area (Å²) in [6, 6.07) is 4.16. The van der Waals surface area contributed by atoms with E-state index >= 15 is 0 Å². The van der Waals surface area contributed by atoms with E-state index in [-0.39, 0.29) is 23.8 Å². The molecule has 1 heterocycles. The zero-order chi connectivity index (χ0) is 15.5. The van der Waals surface area contributed by atoms with E-state index in [4.69, 9.17) is 4.74 Å². The second-order valence-corrected chi connectivity index (χ2v) is 6.29. The molecular weight excluding hydrogens is 287 g/mol. The van der Waals surface area contributed by atoms with E-state index in [1.54, 1.807) is 18.1 Å². The Hall–Kier alpha value is -1.95. The summed E-state index contributed by atoms with van der Waals surface area (Å²) in [5, 5.41) is 2.76. The Labute approximate surface area is 127 Å². The van der Waals surface area contributed by atoms with Crippen LogP contribution in [0.25, 0.3) is 0 Å². The number of nitrogens with one attached hydrogen (secondary N) is 1. The van der Waals surface area contributed by atoms with Gasteiger partial charge in [-0.1, -0.05) is 0 Å². The first-order chi connectivity index (χ1) is 10.6. The zero-order valence-electron chi connectivity index (χ0n) is 12.3. The van der Waals surface area contributed by atoms with Gasteiger partial charge in [0.1, 0.15) is 11.4 Å². The predicted molar refractivity (Wildman–Crippen MR) is 78.0 cm³/mol. The lowest BCUT2D eigenvalue weighted by atomic mass is 9.72. The summed E-state index contributed by atoms with van der Waals surface area (Å²) in [6.45, 7) is 0. The lowest BCUT2D eigenvalue weighted by Gasteiger charge is -2.51. The Morgan fingerprint density at radius 3 is 2.82 bits per heavy atom. The van der Waals surface area contributed by atoms with Crippen LogP contribution in [0.3, 0.4) is 0 Å². The van der Waals surface area contributed by atoms with Crippen LogP contribution in [0.15, 0.2) is 18.2 Å². The number of fused-ring (bicyclic) bond motifs is 1.